The number of esters is 1. The van der Waals surface area contributed by atoms with Gasteiger partial charge in [0.15, 0.2) is 5.60 Å². The van der Waals surface area contributed by atoms with Crippen LogP contribution in [-0.4, -0.2) is 67.1 Å². The smallest absolute Gasteiger partial charge is 0.311 e. The molecule has 2 saturated heterocycles. The van der Waals surface area contributed by atoms with Crippen LogP contribution in [0.3, 0.4) is 0 Å². The Morgan fingerprint density at radius 1 is 1.11 bits per heavy atom. The van der Waals surface area contributed by atoms with Crippen molar-refractivity contribution in [1.29, 1.82) is 0 Å². The average Bonchev–Trinajstić information content (AvgIpc) is 3.57. The lowest BCUT2D eigenvalue weighted by molar-refractivity contribution is -0.156. The molecule has 1 spiro atoms. The third-order valence-corrected chi connectivity index (χ3v) is 9.29. The van der Waals surface area contributed by atoms with Gasteiger partial charge in [0, 0.05) is 38.3 Å². The van der Waals surface area contributed by atoms with Crippen molar-refractivity contribution in [1.82, 2.24) is 9.80 Å². The minimum absolute atomic E-state index is 0.0682. The third kappa shape index (κ3) is 4.37. The number of methoxy groups -OCH3 is 1. The highest BCUT2D eigenvalue weighted by Gasteiger charge is 2.51. The van der Waals surface area contributed by atoms with Gasteiger partial charge in [-0.2, -0.15) is 0 Å². The Labute approximate surface area is 215 Å². The Bertz CT molecular complexity index is 1030. The molecule has 0 atom stereocenters. The van der Waals surface area contributed by atoms with E-state index in [1.807, 2.05) is 21.0 Å². The number of carbonyl (C=O) groups is 1. The molecule has 1 aromatic carbocycles. The van der Waals surface area contributed by atoms with Crippen molar-refractivity contribution >= 4 is 11.8 Å². The molecule has 0 aromatic heterocycles. The number of hydrogen-bond donors (Lipinski definition) is 0. The number of rotatable bonds is 7. The monoisotopic (exact) mass is 495 g/mol. The summed E-state index contributed by atoms with van der Waals surface area (Å²) in [4.78, 5) is 23.2. The van der Waals surface area contributed by atoms with Crippen molar-refractivity contribution in [2.45, 2.75) is 89.2 Å². The second kappa shape index (κ2) is 9.23. The van der Waals surface area contributed by atoms with Crippen molar-refractivity contribution in [3.8, 4) is 5.75 Å². The normalized spacial score (nSPS) is 25.1. The van der Waals surface area contributed by atoms with Gasteiger partial charge in [-0.15, -0.1) is 0 Å². The molecule has 0 radical (unpaired) electrons. The molecule has 2 aliphatic carbocycles. The van der Waals surface area contributed by atoms with Gasteiger partial charge in [-0.1, -0.05) is 17.6 Å². The number of nitrogens with zero attached hydrogens (tertiary/aromatic N) is 3. The van der Waals surface area contributed by atoms with Crippen molar-refractivity contribution in [3.63, 3.8) is 0 Å². The van der Waals surface area contributed by atoms with E-state index in [1.165, 1.54) is 37.7 Å². The lowest BCUT2D eigenvalue weighted by atomic mass is 9.77. The number of ether oxygens (including phenoxy) is 2. The SMILES string of the molecule is CCOC(=O)C1(C)CCN(C2=NOC3(C2)CN(Cc2cc(C4CC4)c(C4CCC4)cc2OC)C3)CC1. The highest BCUT2D eigenvalue weighted by Crippen LogP contribution is 2.49. The first-order valence-electron chi connectivity index (χ1n) is 14.0. The quantitative estimate of drug-likeness (QED) is 0.507. The third-order valence-electron chi connectivity index (χ3n) is 9.29. The molecule has 36 heavy (non-hydrogen) atoms. The average molecular weight is 496 g/mol. The van der Waals surface area contributed by atoms with E-state index in [0.29, 0.717) is 6.61 Å². The Hall–Kier alpha value is -2.28. The fraction of sp³-hybridized carbons (Fsp3) is 0.724. The molecule has 7 nitrogen and oxygen atoms in total. The van der Waals surface area contributed by atoms with Crippen LogP contribution in [0.25, 0.3) is 0 Å². The predicted octanol–water partition coefficient (Wildman–Crippen LogP) is 4.79. The van der Waals surface area contributed by atoms with Crippen LogP contribution in [0.1, 0.15) is 93.7 Å². The minimum Gasteiger partial charge on any atom is -0.496 e. The summed E-state index contributed by atoms with van der Waals surface area (Å²) in [6.45, 7) is 8.67. The molecule has 0 unspecified atom stereocenters. The van der Waals surface area contributed by atoms with Crippen LogP contribution in [0.5, 0.6) is 5.75 Å². The summed E-state index contributed by atoms with van der Waals surface area (Å²) < 4.78 is 11.2. The first-order chi connectivity index (χ1) is 17.4. The number of benzene rings is 1. The molecule has 0 N–H and O–H groups in total. The molecule has 3 aliphatic heterocycles. The van der Waals surface area contributed by atoms with Gasteiger partial charge in [0.25, 0.3) is 0 Å². The van der Waals surface area contributed by atoms with Crippen molar-refractivity contribution in [2.24, 2.45) is 10.6 Å². The summed E-state index contributed by atoms with van der Waals surface area (Å²) in [5.74, 6) is 3.52. The Morgan fingerprint density at radius 3 is 2.42 bits per heavy atom. The first kappa shape index (κ1) is 24.1. The van der Waals surface area contributed by atoms with Crippen LogP contribution in [0.2, 0.25) is 0 Å². The second-order valence-electron chi connectivity index (χ2n) is 12.1. The summed E-state index contributed by atoms with van der Waals surface area (Å²) in [5, 5.41) is 4.51. The van der Waals surface area contributed by atoms with Crippen molar-refractivity contribution < 1.29 is 19.1 Å². The van der Waals surface area contributed by atoms with Gasteiger partial charge in [0.2, 0.25) is 0 Å². The van der Waals surface area contributed by atoms with Crippen molar-refractivity contribution in [3.05, 3.63) is 28.8 Å². The van der Waals surface area contributed by atoms with Crippen LogP contribution in [-0.2, 0) is 20.9 Å². The first-order valence-corrected chi connectivity index (χ1v) is 14.0. The number of likely N-dealkylation sites (tertiary alicyclic amines) is 2. The van der Waals surface area contributed by atoms with Crippen LogP contribution in [0, 0.1) is 5.41 Å². The molecule has 7 heteroatoms. The maximum absolute atomic E-state index is 12.4. The zero-order valence-corrected chi connectivity index (χ0v) is 22.2. The van der Waals surface area contributed by atoms with Gasteiger partial charge < -0.3 is 19.2 Å². The van der Waals surface area contributed by atoms with Crippen LogP contribution < -0.4 is 4.74 Å². The number of oxime groups is 1. The fourth-order valence-corrected chi connectivity index (χ4v) is 6.52. The number of piperidine rings is 1. The van der Waals surface area contributed by atoms with E-state index in [0.717, 1.165) is 75.4 Å². The van der Waals surface area contributed by atoms with E-state index in [9.17, 15) is 4.79 Å². The second-order valence-corrected chi connectivity index (χ2v) is 12.1. The topological polar surface area (TPSA) is 63.6 Å². The molecule has 2 saturated carbocycles. The predicted molar refractivity (Wildman–Crippen MR) is 138 cm³/mol. The molecule has 3 heterocycles. The molecule has 0 bridgehead atoms. The molecule has 4 fully saturated rings. The molecular formula is C29H41N3O4. The Morgan fingerprint density at radius 2 is 1.81 bits per heavy atom. The van der Waals surface area contributed by atoms with Gasteiger partial charge in [0.1, 0.15) is 11.6 Å². The Balaban J connectivity index is 1.05. The van der Waals surface area contributed by atoms with E-state index in [4.69, 9.17) is 14.3 Å². The lowest BCUT2D eigenvalue weighted by Gasteiger charge is -2.46. The molecule has 196 valence electrons. The minimum atomic E-state index is -0.385. The number of hydrogen-bond acceptors (Lipinski definition) is 7. The van der Waals surface area contributed by atoms with Gasteiger partial charge >= 0.3 is 5.97 Å². The maximum atomic E-state index is 12.4. The standard InChI is InChI=1S/C29H41N3O4/c1-4-35-27(33)28(2)10-12-32(13-11-28)26-16-29(36-30-26)18-31(19-29)17-22-14-23(21-8-9-21)24(15-25(22)34-3)20-6-5-7-20/h14-15,20-21H,4-13,16-19H2,1-3H3. The van der Waals surface area contributed by atoms with Gasteiger partial charge in [-0.3, -0.25) is 9.69 Å². The summed E-state index contributed by atoms with van der Waals surface area (Å²) in [5.41, 5.74) is 3.88. The highest BCUT2D eigenvalue weighted by atomic mass is 16.7. The van der Waals surface area contributed by atoms with Crippen LogP contribution in [0.4, 0.5) is 0 Å². The molecule has 6 rings (SSSR count). The highest BCUT2D eigenvalue weighted by molar-refractivity contribution is 5.85. The summed E-state index contributed by atoms with van der Waals surface area (Å²) in [7, 11) is 1.81. The lowest BCUT2D eigenvalue weighted by Crippen LogP contribution is -2.61. The molecular weight excluding hydrogens is 454 g/mol. The molecule has 5 aliphatic rings. The van der Waals surface area contributed by atoms with E-state index in [2.05, 4.69) is 27.1 Å². The van der Waals surface area contributed by atoms with Gasteiger partial charge in [-0.25, -0.2) is 0 Å². The molecule has 1 aromatic rings. The van der Waals surface area contributed by atoms with Gasteiger partial charge in [-0.05, 0) is 81.4 Å². The van der Waals surface area contributed by atoms with E-state index in [-0.39, 0.29) is 17.0 Å². The largest absolute Gasteiger partial charge is 0.496 e. The summed E-state index contributed by atoms with van der Waals surface area (Å²) >= 11 is 0. The summed E-state index contributed by atoms with van der Waals surface area (Å²) in [6.07, 6.45) is 9.13. The fourth-order valence-electron chi connectivity index (χ4n) is 6.52. The molecule has 0 amide bonds. The van der Waals surface area contributed by atoms with Crippen LogP contribution >= 0.6 is 0 Å². The maximum Gasteiger partial charge on any atom is 0.311 e. The summed E-state index contributed by atoms with van der Waals surface area (Å²) in [6, 6.07) is 4.82. The van der Waals surface area contributed by atoms with Gasteiger partial charge in [0.05, 0.1) is 25.6 Å². The van der Waals surface area contributed by atoms with E-state index >= 15 is 0 Å². The van der Waals surface area contributed by atoms with E-state index in [1.54, 1.807) is 11.1 Å². The van der Waals surface area contributed by atoms with Crippen molar-refractivity contribution in [2.75, 3.05) is 39.9 Å². The number of carbonyl (C=O) groups excluding carboxylic acids is 1. The Kier molecular flexibility index (Phi) is 6.17. The zero-order valence-electron chi connectivity index (χ0n) is 22.2. The zero-order chi connectivity index (χ0) is 24.9. The van der Waals surface area contributed by atoms with E-state index < -0.39 is 0 Å². The number of amidine groups is 1. The van der Waals surface area contributed by atoms with Crippen LogP contribution in [0.15, 0.2) is 17.3 Å².